The number of nitrogens with one attached hydrogen (secondary N) is 1. The molecule has 0 unspecified atom stereocenters. The number of halogens is 2. The van der Waals surface area contributed by atoms with E-state index in [0.29, 0.717) is 6.07 Å². The average Bonchev–Trinajstić information content (AvgIpc) is 2.36. The molecule has 0 spiro atoms. The van der Waals surface area contributed by atoms with Gasteiger partial charge in [-0.3, -0.25) is 4.79 Å². The van der Waals surface area contributed by atoms with E-state index in [1.165, 1.54) is 0 Å². The van der Waals surface area contributed by atoms with Gasteiger partial charge in [-0.1, -0.05) is 13.8 Å². The zero-order chi connectivity index (χ0) is 16.0. The molecule has 1 aromatic carbocycles. The largest absolute Gasteiger partial charge is 0.481 e. The van der Waals surface area contributed by atoms with Crippen molar-refractivity contribution in [1.29, 1.82) is 0 Å². The molecular weight excluding hydrogens is 284 g/mol. The molecule has 116 valence electrons. The highest BCUT2D eigenvalue weighted by molar-refractivity contribution is 5.84. The zero-order valence-corrected chi connectivity index (χ0v) is 11.7. The normalized spacial score (nSPS) is 12.0. The van der Waals surface area contributed by atoms with Gasteiger partial charge in [0, 0.05) is 6.07 Å². The fourth-order valence-electron chi connectivity index (χ4n) is 1.66. The van der Waals surface area contributed by atoms with Gasteiger partial charge in [0.25, 0.3) is 5.91 Å². The average molecular weight is 301 g/mol. The Hall–Kier alpha value is -2.18. The van der Waals surface area contributed by atoms with Crippen LogP contribution in [0, 0.1) is 17.6 Å². The minimum Gasteiger partial charge on any atom is -0.481 e. The van der Waals surface area contributed by atoms with E-state index < -0.39 is 36.2 Å². The van der Waals surface area contributed by atoms with Gasteiger partial charge in [-0.25, -0.2) is 13.6 Å². The van der Waals surface area contributed by atoms with Gasteiger partial charge in [-0.15, -0.1) is 0 Å². The molecule has 0 heterocycles. The Morgan fingerprint density at radius 2 is 2.00 bits per heavy atom. The van der Waals surface area contributed by atoms with Crippen molar-refractivity contribution in [3.05, 3.63) is 29.8 Å². The Bertz CT molecular complexity index is 520. The Morgan fingerprint density at radius 3 is 2.52 bits per heavy atom. The SMILES string of the molecule is CC(C)C[C@H](NC(=O)COc1ccc(F)cc1F)C(=O)O. The Kier molecular flexibility index (Phi) is 6.08. The third-order valence-corrected chi connectivity index (χ3v) is 2.59. The maximum atomic E-state index is 13.3. The first-order valence-corrected chi connectivity index (χ1v) is 6.39. The van der Waals surface area contributed by atoms with E-state index in [2.05, 4.69) is 5.32 Å². The van der Waals surface area contributed by atoms with E-state index in [1.54, 1.807) is 0 Å². The molecule has 0 aliphatic heterocycles. The summed E-state index contributed by atoms with van der Waals surface area (Å²) < 4.78 is 30.9. The molecule has 0 aromatic heterocycles. The zero-order valence-electron chi connectivity index (χ0n) is 11.7. The highest BCUT2D eigenvalue weighted by atomic mass is 19.1. The topological polar surface area (TPSA) is 75.6 Å². The van der Waals surface area contributed by atoms with Crippen molar-refractivity contribution >= 4 is 11.9 Å². The molecule has 5 nitrogen and oxygen atoms in total. The quantitative estimate of drug-likeness (QED) is 0.807. The summed E-state index contributed by atoms with van der Waals surface area (Å²) in [4.78, 5) is 22.6. The first-order chi connectivity index (χ1) is 9.79. The lowest BCUT2D eigenvalue weighted by molar-refractivity contribution is -0.142. The van der Waals surface area contributed by atoms with Crippen LogP contribution in [0.25, 0.3) is 0 Å². The van der Waals surface area contributed by atoms with E-state index in [0.717, 1.165) is 12.1 Å². The summed E-state index contributed by atoms with van der Waals surface area (Å²) in [5.74, 6) is -3.71. The predicted molar refractivity (Wildman–Crippen MR) is 70.9 cm³/mol. The molecule has 1 aromatic rings. The lowest BCUT2D eigenvalue weighted by atomic mass is 10.0. The highest BCUT2D eigenvalue weighted by Gasteiger charge is 2.21. The Labute approximate surface area is 120 Å². The number of hydrogen-bond acceptors (Lipinski definition) is 3. The van der Waals surface area contributed by atoms with Gasteiger partial charge in [0.2, 0.25) is 0 Å². The maximum Gasteiger partial charge on any atom is 0.326 e. The van der Waals surface area contributed by atoms with Gasteiger partial charge in [-0.05, 0) is 24.5 Å². The molecule has 0 aliphatic carbocycles. The van der Waals surface area contributed by atoms with Gasteiger partial charge in [0.1, 0.15) is 11.9 Å². The molecule has 0 fully saturated rings. The van der Waals surface area contributed by atoms with Crippen LogP contribution in [0.4, 0.5) is 8.78 Å². The molecule has 21 heavy (non-hydrogen) atoms. The number of carbonyl (C=O) groups is 2. The third kappa shape index (κ3) is 5.76. The molecule has 1 rings (SSSR count). The molecule has 0 bridgehead atoms. The third-order valence-electron chi connectivity index (χ3n) is 2.59. The second kappa shape index (κ2) is 7.56. The number of carboxylic acid groups (broad SMARTS) is 1. The summed E-state index contributed by atoms with van der Waals surface area (Å²) >= 11 is 0. The van der Waals surface area contributed by atoms with E-state index >= 15 is 0 Å². The summed E-state index contributed by atoms with van der Waals surface area (Å²) in [7, 11) is 0. The number of rotatable bonds is 7. The summed E-state index contributed by atoms with van der Waals surface area (Å²) in [6, 6.07) is 1.65. The van der Waals surface area contributed by atoms with E-state index in [1.807, 2.05) is 13.8 Å². The standard InChI is InChI=1S/C14H17F2NO4/c1-8(2)5-11(14(19)20)17-13(18)7-21-12-4-3-9(15)6-10(12)16/h3-4,6,8,11H,5,7H2,1-2H3,(H,17,18)(H,19,20)/t11-/m0/s1. The summed E-state index contributed by atoms with van der Waals surface area (Å²) in [6.07, 6.45) is 0.270. The van der Waals surface area contributed by atoms with Crippen molar-refractivity contribution in [1.82, 2.24) is 5.32 Å². The van der Waals surface area contributed by atoms with Crippen molar-refractivity contribution < 1.29 is 28.2 Å². The highest BCUT2D eigenvalue weighted by Crippen LogP contribution is 2.17. The van der Waals surface area contributed by atoms with Crippen LogP contribution in [0.3, 0.4) is 0 Å². The second-order valence-electron chi connectivity index (χ2n) is 4.95. The number of hydrogen-bond donors (Lipinski definition) is 2. The van der Waals surface area contributed by atoms with Crippen LogP contribution in [0.5, 0.6) is 5.75 Å². The number of benzene rings is 1. The molecule has 1 amide bonds. The van der Waals surface area contributed by atoms with Gasteiger partial charge in [0.15, 0.2) is 18.2 Å². The Balaban J connectivity index is 2.54. The van der Waals surface area contributed by atoms with Crippen LogP contribution in [-0.4, -0.2) is 29.6 Å². The summed E-state index contributed by atoms with van der Waals surface area (Å²) in [6.45, 7) is 3.10. The molecule has 0 saturated heterocycles. The molecule has 2 N–H and O–H groups in total. The Morgan fingerprint density at radius 1 is 1.33 bits per heavy atom. The first kappa shape index (κ1) is 16.9. The smallest absolute Gasteiger partial charge is 0.326 e. The van der Waals surface area contributed by atoms with Crippen molar-refractivity contribution in [3.8, 4) is 5.75 Å². The van der Waals surface area contributed by atoms with Gasteiger partial charge >= 0.3 is 5.97 Å². The van der Waals surface area contributed by atoms with Crippen molar-refractivity contribution in [2.75, 3.05) is 6.61 Å². The van der Waals surface area contributed by atoms with Crippen LogP contribution in [0.1, 0.15) is 20.3 Å². The minimum absolute atomic E-state index is 0.0851. The number of amides is 1. The fraction of sp³-hybridized carbons (Fsp3) is 0.429. The predicted octanol–water partition coefficient (Wildman–Crippen LogP) is 1.96. The lowest BCUT2D eigenvalue weighted by Crippen LogP contribution is -2.43. The molecule has 0 aliphatic rings. The summed E-state index contributed by atoms with van der Waals surface area (Å²) in [5, 5.41) is 11.3. The molecule has 0 saturated carbocycles. The van der Waals surface area contributed by atoms with Gasteiger partial charge in [0.05, 0.1) is 0 Å². The van der Waals surface area contributed by atoms with Crippen LogP contribution in [0.2, 0.25) is 0 Å². The minimum atomic E-state index is -1.15. The first-order valence-electron chi connectivity index (χ1n) is 6.39. The van der Waals surface area contributed by atoms with Crippen LogP contribution < -0.4 is 10.1 Å². The van der Waals surface area contributed by atoms with Gasteiger partial charge < -0.3 is 15.2 Å². The molecular formula is C14H17F2NO4. The molecule has 7 heteroatoms. The van der Waals surface area contributed by atoms with Crippen LogP contribution in [-0.2, 0) is 9.59 Å². The lowest BCUT2D eigenvalue weighted by Gasteiger charge is -2.16. The fourth-order valence-corrected chi connectivity index (χ4v) is 1.66. The number of aliphatic carboxylic acids is 1. The maximum absolute atomic E-state index is 13.3. The van der Waals surface area contributed by atoms with Crippen LogP contribution in [0.15, 0.2) is 18.2 Å². The number of ether oxygens (including phenoxy) is 1. The van der Waals surface area contributed by atoms with E-state index in [4.69, 9.17) is 9.84 Å². The van der Waals surface area contributed by atoms with Gasteiger partial charge in [-0.2, -0.15) is 0 Å². The second-order valence-corrected chi connectivity index (χ2v) is 4.95. The van der Waals surface area contributed by atoms with Crippen molar-refractivity contribution in [2.24, 2.45) is 5.92 Å². The number of carbonyl (C=O) groups excluding carboxylic acids is 1. The molecule has 1 atom stereocenters. The summed E-state index contributed by atoms with van der Waals surface area (Å²) in [5.41, 5.74) is 0. The van der Waals surface area contributed by atoms with Crippen molar-refractivity contribution in [2.45, 2.75) is 26.3 Å². The van der Waals surface area contributed by atoms with E-state index in [-0.39, 0.29) is 18.1 Å². The number of carboxylic acids is 1. The van der Waals surface area contributed by atoms with Crippen molar-refractivity contribution in [3.63, 3.8) is 0 Å². The monoisotopic (exact) mass is 301 g/mol. The molecule has 0 radical (unpaired) electrons. The van der Waals surface area contributed by atoms with Crippen LogP contribution >= 0.6 is 0 Å². The van der Waals surface area contributed by atoms with E-state index in [9.17, 15) is 18.4 Å².